The largest absolute Gasteiger partial charge is 0.486 e. The number of likely N-dealkylation sites (tertiary alicyclic amines) is 1. The van der Waals surface area contributed by atoms with Crippen LogP contribution in [0.2, 0.25) is 0 Å². The SMILES string of the molecule is CN(CC1CCCN(C(=O)OC(C)(C)C)C1)C(=O)c1cccc2c1OCCO2. The number of amides is 2. The highest BCUT2D eigenvalue weighted by Crippen LogP contribution is 2.34. The molecule has 7 nitrogen and oxygen atoms in total. The Balaban J connectivity index is 1.62. The summed E-state index contributed by atoms with van der Waals surface area (Å²) in [5.74, 6) is 1.24. The quantitative estimate of drug-likeness (QED) is 0.793. The zero-order chi connectivity index (χ0) is 20.3. The summed E-state index contributed by atoms with van der Waals surface area (Å²) in [5.41, 5.74) is 0.00476. The minimum absolute atomic E-state index is 0.100. The van der Waals surface area contributed by atoms with Crippen molar-refractivity contribution in [2.45, 2.75) is 39.2 Å². The van der Waals surface area contributed by atoms with Crippen molar-refractivity contribution in [2.75, 3.05) is 39.9 Å². The fourth-order valence-corrected chi connectivity index (χ4v) is 3.62. The van der Waals surface area contributed by atoms with E-state index in [0.717, 1.165) is 12.8 Å². The third kappa shape index (κ3) is 4.88. The lowest BCUT2D eigenvalue weighted by Crippen LogP contribution is -2.45. The normalized spacial score (nSPS) is 19.1. The molecule has 3 rings (SSSR count). The van der Waals surface area contributed by atoms with Gasteiger partial charge < -0.3 is 24.0 Å². The van der Waals surface area contributed by atoms with Gasteiger partial charge in [-0.25, -0.2) is 4.79 Å². The Hall–Kier alpha value is -2.44. The van der Waals surface area contributed by atoms with Gasteiger partial charge in [-0.1, -0.05) is 6.07 Å². The van der Waals surface area contributed by atoms with E-state index in [4.69, 9.17) is 14.2 Å². The number of hydrogen-bond donors (Lipinski definition) is 0. The summed E-state index contributed by atoms with van der Waals surface area (Å²) in [5, 5.41) is 0. The van der Waals surface area contributed by atoms with Crippen LogP contribution in [0.15, 0.2) is 18.2 Å². The standard InChI is InChI=1S/C21H30N2O5/c1-21(2,3)28-20(25)23-10-6-7-15(14-23)13-22(4)19(24)16-8-5-9-17-18(16)27-12-11-26-17/h5,8-9,15H,6-7,10-14H2,1-4H3. The van der Waals surface area contributed by atoms with Crippen LogP contribution in [-0.4, -0.2) is 67.3 Å². The van der Waals surface area contributed by atoms with Crippen LogP contribution in [0.4, 0.5) is 4.79 Å². The average molecular weight is 390 g/mol. The van der Waals surface area contributed by atoms with Crippen LogP contribution in [0.1, 0.15) is 44.0 Å². The van der Waals surface area contributed by atoms with Crippen molar-refractivity contribution in [1.82, 2.24) is 9.80 Å². The Morgan fingerprint density at radius 1 is 1.25 bits per heavy atom. The first-order chi connectivity index (χ1) is 13.2. The van der Waals surface area contributed by atoms with E-state index in [9.17, 15) is 9.59 Å². The second kappa shape index (κ2) is 8.29. The van der Waals surface area contributed by atoms with Gasteiger partial charge in [0.2, 0.25) is 0 Å². The minimum atomic E-state index is -0.509. The number of piperidine rings is 1. The first-order valence-corrected chi connectivity index (χ1v) is 9.86. The van der Waals surface area contributed by atoms with Crippen LogP contribution in [0.25, 0.3) is 0 Å². The fourth-order valence-electron chi connectivity index (χ4n) is 3.62. The molecule has 28 heavy (non-hydrogen) atoms. The molecule has 0 spiro atoms. The maximum atomic E-state index is 13.0. The summed E-state index contributed by atoms with van der Waals surface area (Å²) in [7, 11) is 1.79. The third-order valence-electron chi connectivity index (χ3n) is 4.85. The predicted octanol–water partition coefficient (Wildman–Crippen LogP) is 3.18. The van der Waals surface area contributed by atoms with Gasteiger partial charge in [-0.2, -0.15) is 0 Å². The number of fused-ring (bicyclic) bond motifs is 1. The Morgan fingerprint density at radius 2 is 2.00 bits per heavy atom. The van der Waals surface area contributed by atoms with Crippen LogP contribution in [0.5, 0.6) is 11.5 Å². The van der Waals surface area contributed by atoms with Crippen LogP contribution in [-0.2, 0) is 4.74 Å². The fraction of sp³-hybridized carbons (Fsp3) is 0.619. The van der Waals surface area contributed by atoms with Crippen LogP contribution < -0.4 is 9.47 Å². The van der Waals surface area contributed by atoms with E-state index in [1.807, 2.05) is 26.8 Å². The number of hydrogen-bond acceptors (Lipinski definition) is 5. The monoisotopic (exact) mass is 390 g/mol. The van der Waals surface area contributed by atoms with Crippen molar-refractivity contribution in [2.24, 2.45) is 5.92 Å². The molecule has 2 aliphatic heterocycles. The van der Waals surface area contributed by atoms with Crippen molar-refractivity contribution >= 4 is 12.0 Å². The van der Waals surface area contributed by atoms with Crippen molar-refractivity contribution in [3.8, 4) is 11.5 Å². The van der Waals surface area contributed by atoms with Crippen LogP contribution in [0.3, 0.4) is 0 Å². The Labute approximate surface area is 166 Å². The highest BCUT2D eigenvalue weighted by atomic mass is 16.6. The molecule has 0 saturated carbocycles. The number of rotatable bonds is 3. The van der Waals surface area contributed by atoms with Crippen molar-refractivity contribution in [3.05, 3.63) is 23.8 Å². The minimum Gasteiger partial charge on any atom is -0.486 e. The van der Waals surface area contributed by atoms with Crippen LogP contribution >= 0.6 is 0 Å². The van der Waals surface area contributed by atoms with Crippen molar-refractivity contribution < 1.29 is 23.8 Å². The molecule has 2 heterocycles. The molecule has 1 fully saturated rings. The highest BCUT2D eigenvalue weighted by Gasteiger charge is 2.30. The van der Waals surface area contributed by atoms with E-state index in [1.165, 1.54) is 0 Å². The van der Waals surface area contributed by atoms with E-state index >= 15 is 0 Å². The molecule has 0 aliphatic carbocycles. The lowest BCUT2D eigenvalue weighted by atomic mass is 9.97. The number of nitrogens with zero attached hydrogens (tertiary/aromatic N) is 2. The van der Waals surface area contributed by atoms with Gasteiger partial charge >= 0.3 is 6.09 Å². The molecule has 0 bridgehead atoms. The summed E-state index contributed by atoms with van der Waals surface area (Å²) in [4.78, 5) is 28.8. The second-order valence-corrected chi connectivity index (χ2v) is 8.45. The average Bonchev–Trinajstić information content (AvgIpc) is 2.66. The maximum absolute atomic E-state index is 13.0. The van der Waals surface area contributed by atoms with Gasteiger partial charge in [0.15, 0.2) is 11.5 Å². The summed E-state index contributed by atoms with van der Waals surface area (Å²) >= 11 is 0. The van der Waals surface area contributed by atoms with Gasteiger partial charge in [0, 0.05) is 26.7 Å². The zero-order valence-electron chi connectivity index (χ0n) is 17.2. The molecule has 0 radical (unpaired) electrons. The molecule has 2 amide bonds. The Bertz CT molecular complexity index is 728. The van der Waals surface area contributed by atoms with E-state index < -0.39 is 5.60 Å². The molecule has 1 saturated heterocycles. The summed E-state index contributed by atoms with van der Waals surface area (Å²) in [6.07, 6.45) is 1.60. The zero-order valence-corrected chi connectivity index (χ0v) is 17.2. The van der Waals surface area contributed by atoms with Gasteiger partial charge in [-0.05, 0) is 51.7 Å². The smallest absolute Gasteiger partial charge is 0.410 e. The van der Waals surface area contributed by atoms with Gasteiger partial charge in [-0.15, -0.1) is 0 Å². The maximum Gasteiger partial charge on any atom is 0.410 e. The van der Waals surface area contributed by atoms with E-state index in [1.54, 1.807) is 29.0 Å². The lowest BCUT2D eigenvalue weighted by Gasteiger charge is -2.35. The molecular formula is C21H30N2O5. The molecule has 1 atom stereocenters. The van der Waals surface area contributed by atoms with Crippen molar-refractivity contribution in [3.63, 3.8) is 0 Å². The summed E-state index contributed by atoms with van der Waals surface area (Å²) < 4.78 is 16.7. The Kier molecular flexibility index (Phi) is 6.01. The van der Waals surface area contributed by atoms with Gasteiger partial charge in [0.25, 0.3) is 5.91 Å². The van der Waals surface area contributed by atoms with Gasteiger partial charge in [0.1, 0.15) is 18.8 Å². The molecule has 1 aromatic carbocycles. The number of ether oxygens (including phenoxy) is 3. The second-order valence-electron chi connectivity index (χ2n) is 8.45. The van der Waals surface area contributed by atoms with E-state index in [0.29, 0.717) is 49.9 Å². The molecule has 1 unspecified atom stereocenters. The third-order valence-corrected chi connectivity index (χ3v) is 4.85. The topological polar surface area (TPSA) is 68.3 Å². The lowest BCUT2D eigenvalue weighted by molar-refractivity contribution is 0.0151. The molecule has 154 valence electrons. The summed E-state index contributed by atoms with van der Waals surface area (Å²) in [6.45, 7) is 8.39. The number of carbonyl (C=O) groups excluding carboxylic acids is 2. The molecule has 1 aromatic rings. The number of carbonyl (C=O) groups is 2. The van der Waals surface area contributed by atoms with Crippen LogP contribution in [0, 0.1) is 5.92 Å². The molecule has 0 aromatic heterocycles. The first-order valence-electron chi connectivity index (χ1n) is 9.86. The molecule has 7 heteroatoms. The molecule has 0 N–H and O–H groups in total. The molecular weight excluding hydrogens is 360 g/mol. The van der Waals surface area contributed by atoms with E-state index in [-0.39, 0.29) is 17.9 Å². The Morgan fingerprint density at radius 3 is 2.75 bits per heavy atom. The number of para-hydroxylation sites is 1. The van der Waals surface area contributed by atoms with E-state index in [2.05, 4.69) is 0 Å². The van der Waals surface area contributed by atoms with Crippen molar-refractivity contribution in [1.29, 1.82) is 0 Å². The highest BCUT2D eigenvalue weighted by molar-refractivity contribution is 5.97. The predicted molar refractivity (Wildman–Crippen MR) is 105 cm³/mol. The summed E-state index contributed by atoms with van der Waals surface area (Å²) in [6, 6.07) is 5.38. The number of benzene rings is 1. The molecule has 2 aliphatic rings. The first kappa shape index (κ1) is 20.3. The van der Waals surface area contributed by atoms with Gasteiger partial charge in [0.05, 0.1) is 5.56 Å². The van der Waals surface area contributed by atoms with Gasteiger partial charge in [-0.3, -0.25) is 4.79 Å².